The Morgan fingerprint density at radius 2 is 1.51 bits per heavy atom. The van der Waals surface area contributed by atoms with Gasteiger partial charge in [-0.2, -0.15) is 12.6 Å². The monoisotopic (exact) mass is 685 g/mol. The number of carbonyl (C=O) groups is 6. The quantitative estimate of drug-likeness (QED) is 0.0884. The van der Waals surface area contributed by atoms with Crippen molar-refractivity contribution in [2.75, 3.05) is 18.8 Å². The molecule has 1 saturated heterocycles. The summed E-state index contributed by atoms with van der Waals surface area (Å²) in [5.41, 5.74) is 10.3. The predicted octanol–water partition coefficient (Wildman–Crippen LogP) is 3.92. The van der Waals surface area contributed by atoms with Gasteiger partial charge in [-0.1, -0.05) is 66.2 Å². The van der Waals surface area contributed by atoms with Crippen LogP contribution in [0.15, 0.2) is 0 Å². The van der Waals surface area contributed by atoms with Crippen molar-refractivity contribution in [3.63, 3.8) is 0 Å². The summed E-state index contributed by atoms with van der Waals surface area (Å²) < 4.78 is 4.98. The molecule has 47 heavy (non-hydrogen) atoms. The molecule has 0 spiro atoms. The highest BCUT2D eigenvalue weighted by Crippen LogP contribution is 2.30. The summed E-state index contributed by atoms with van der Waals surface area (Å²) in [5.74, 6) is 0.150. The maximum atomic E-state index is 13.1. The first-order chi connectivity index (χ1) is 22.2. The van der Waals surface area contributed by atoms with E-state index in [0.717, 1.165) is 69.3 Å². The number of hydrogen-bond acceptors (Lipinski definition) is 9. The van der Waals surface area contributed by atoms with Gasteiger partial charge in [-0.3, -0.25) is 19.2 Å². The van der Waals surface area contributed by atoms with Crippen LogP contribution < -0.4 is 22.1 Å². The fourth-order valence-electron chi connectivity index (χ4n) is 5.26. The van der Waals surface area contributed by atoms with Crippen molar-refractivity contribution >= 4 is 48.5 Å². The largest absolute Gasteiger partial charge is 0.462 e. The topological polar surface area (TPSA) is 191 Å². The average Bonchev–Trinajstić information content (AvgIpc) is 3.49. The maximum Gasteiger partial charge on any atom is 0.325 e. The molecule has 1 aliphatic heterocycles. The van der Waals surface area contributed by atoms with Crippen LogP contribution in [0.3, 0.4) is 0 Å². The van der Waals surface area contributed by atoms with Gasteiger partial charge in [-0.05, 0) is 75.9 Å². The number of ether oxygens (including phenoxy) is 1. The number of hydrogen-bond donors (Lipinski definition) is 5. The lowest BCUT2D eigenvalue weighted by molar-refractivity contribution is -0.146. The standard InChI is InChI=1S/C19H31N3O5.C8H14N2O2.C4H10.C3H8S/c1-13(2)27-16(24)11-20-19(26)21-17(14-7-4-3-5-8-14)18(25)22-10-6-9-15(22)12-23;9-6(7(11)8(10)12)4-5-2-1-3-5;1-4(2)3;1-2-3-4/h12-15,17H,3-11H2,1-2H3,(H2,20,21,26);5-6H,1-4,9H2,(H2,10,12);4H,1-3H3;4H,2-3H2,1H3. The molecular weight excluding hydrogens is 622 g/mol. The summed E-state index contributed by atoms with van der Waals surface area (Å²) in [6.45, 7) is 12.4. The lowest BCUT2D eigenvalue weighted by atomic mass is 9.80. The van der Waals surface area contributed by atoms with E-state index < -0.39 is 41.8 Å². The van der Waals surface area contributed by atoms with Crippen molar-refractivity contribution in [2.45, 2.75) is 143 Å². The average molecular weight is 686 g/mol. The Bertz CT molecular complexity index is 950. The number of ketones is 1. The molecule has 2 aliphatic carbocycles. The molecule has 3 atom stereocenters. The highest BCUT2D eigenvalue weighted by Gasteiger charge is 2.38. The summed E-state index contributed by atoms with van der Waals surface area (Å²) in [6.07, 6.45) is 12.2. The predicted molar refractivity (Wildman–Crippen MR) is 188 cm³/mol. The van der Waals surface area contributed by atoms with E-state index in [9.17, 15) is 28.8 Å². The van der Waals surface area contributed by atoms with Crippen LogP contribution in [0.5, 0.6) is 0 Å². The number of aldehydes is 1. The van der Waals surface area contributed by atoms with Crippen molar-refractivity contribution in [1.29, 1.82) is 0 Å². The molecule has 3 fully saturated rings. The second-order valence-corrected chi connectivity index (χ2v) is 13.9. The SMILES string of the molecule is CC(C)C.CC(C)OC(=O)CNC(=O)NC(C(=O)N1CCCC1C=O)C1CCCCC1.CCCS.NC(=O)C(=O)C(N)CC1CCC1. The van der Waals surface area contributed by atoms with Gasteiger partial charge in [0, 0.05) is 6.54 Å². The van der Waals surface area contributed by atoms with E-state index in [2.05, 4.69) is 51.0 Å². The van der Waals surface area contributed by atoms with Crippen molar-refractivity contribution in [3.8, 4) is 0 Å². The Morgan fingerprint density at radius 1 is 0.936 bits per heavy atom. The van der Waals surface area contributed by atoms with Crippen LogP contribution >= 0.6 is 12.6 Å². The Balaban J connectivity index is 0.000000866. The van der Waals surface area contributed by atoms with E-state index in [4.69, 9.17) is 16.2 Å². The summed E-state index contributed by atoms with van der Waals surface area (Å²) in [5, 5.41) is 5.21. The number of carbonyl (C=O) groups excluding carboxylic acids is 6. The number of primary amides is 1. The van der Waals surface area contributed by atoms with Crippen molar-refractivity contribution in [2.24, 2.45) is 29.2 Å². The minimum absolute atomic E-state index is 0.0486. The second kappa shape index (κ2) is 25.4. The van der Waals surface area contributed by atoms with Gasteiger partial charge in [-0.15, -0.1) is 0 Å². The number of Topliss-reactive ketones (excluding diaryl/α,β-unsaturated/α-hetero) is 1. The number of nitrogens with zero attached hydrogens (tertiary/aromatic N) is 1. The molecule has 3 unspecified atom stereocenters. The first-order valence-electron chi connectivity index (χ1n) is 17.4. The number of amides is 4. The van der Waals surface area contributed by atoms with Gasteiger partial charge in [0.1, 0.15) is 18.9 Å². The minimum atomic E-state index is -0.915. The molecule has 6 N–H and O–H groups in total. The van der Waals surface area contributed by atoms with Crippen molar-refractivity contribution < 1.29 is 33.5 Å². The molecule has 0 bridgehead atoms. The molecule has 1 heterocycles. The van der Waals surface area contributed by atoms with Gasteiger partial charge in [-0.25, -0.2) is 4.79 Å². The lowest BCUT2D eigenvalue weighted by Gasteiger charge is -2.33. The third-order valence-corrected chi connectivity index (χ3v) is 8.24. The molecule has 3 aliphatic rings. The Morgan fingerprint density at radius 3 is 1.96 bits per heavy atom. The first-order valence-corrected chi connectivity index (χ1v) is 18.0. The Kier molecular flexibility index (Phi) is 23.9. The Hall–Kier alpha value is -2.67. The van der Waals surface area contributed by atoms with Crippen molar-refractivity contribution in [3.05, 3.63) is 0 Å². The van der Waals surface area contributed by atoms with Gasteiger partial charge in [0.05, 0.1) is 18.2 Å². The minimum Gasteiger partial charge on any atom is -0.462 e. The number of esters is 1. The van der Waals surface area contributed by atoms with Gasteiger partial charge < -0.3 is 36.5 Å². The molecule has 12 nitrogen and oxygen atoms in total. The molecule has 0 aromatic carbocycles. The molecule has 0 aromatic heterocycles. The van der Waals surface area contributed by atoms with Crippen LogP contribution in [0.4, 0.5) is 4.79 Å². The summed E-state index contributed by atoms with van der Waals surface area (Å²) in [4.78, 5) is 71.1. The molecule has 3 rings (SSSR count). The smallest absolute Gasteiger partial charge is 0.325 e. The van der Waals surface area contributed by atoms with Crippen LogP contribution in [0, 0.1) is 17.8 Å². The molecule has 4 amide bonds. The summed E-state index contributed by atoms with van der Waals surface area (Å²) in [6, 6.07) is -2.32. The zero-order valence-electron chi connectivity index (χ0n) is 29.6. The number of rotatable bonds is 12. The van der Waals surface area contributed by atoms with Gasteiger partial charge in [0.25, 0.3) is 5.91 Å². The van der Waals surface area contributed by atoms with E-state index in [1.165, 1.54) is 12.8 Å². The van der Waals surface area contributed by atoms with Gasteiger partial charge in [0.2, 0.25) is 11.7 Å². The number of nitrogens with two attached hydrogens (primary N) is 2. The number of urea groups is 1. The van der Waals surface area contributed by atoms with E-state index in [1.807, 2.05) is 0 Å². The van der Waals surface area contributed by atoms with E-state index >= 15 is 0 Å². The van der Waals surface area contributed by atoms with E-state index in [0.29, 0.717) is 25.3 Å². The number of thiol groups is 1. The fraction of sp³-hybridized carbons (Fsp3) is 0.824. The summed E-state index contributed by atoms with van der Waals surface area (Å²) >= 11 is 3.92. The fourth-order valence-corrected chi connectivity index (χ4v) is 5.26. The second-order valence-electron chi connectivity index (χ2n) is 13.4. The first kappa shape index (κ1) is 44.3. The Labute approximate surface area is 288 Å². The molecule has 13 heteroatoms. The molecule has 0 radical (unpaired) electrons. The zero-order valence-corrected chi connectivity index (χ0v) is 30.5. The van der Waals surface area contributed by atoms with Crippen LogP contribution in [0.2, 0.25) is 0 Å². The third kappa shape index (κ3) is 19.7. The van der Waals surface area contributed by atoms with Crippen molar-refractivity contribution in [1.82, 2.24) is 15.5 Å². The highest BCUT2D eigenvalue weighted by molar-refractivity contribution is 7.80. The molecular formula is C34H63N5O7S. The number of likely N-dealkylation sites (tertiary alicyclic amines) is 1. The van der Waals surface area contributed by atoms with Crippen LogP contribution in [0.1, 0.15) is 119 Å². The van der Waals surface area contributed by atoms with Crippen LogP contribution in [-0.2, 0) is 28.7 Å². The highest BCUT2D eigenvalue weighted by atomic mass is 32.1. The summed E-state index contributed by atoms with van der Waals surface area (Å²) in [7, 11) is 0. The third-order valence-electron chi connectivity index (χ3n) is 7.79. The van der Waals surface area contributed by atoms with Crippen LogP contribution in [0.25, 0.3) is 0 Å². The van der Waals surface area contributed by atoms with Gasteiger partial charge >= 0.3 is 12.0 Å². The van der Waals surface area contributed by atoms with E-state index in [1.54, 1.807) is 18.7 Å². The molecule has 272 valence electrons. The molecule has 0 aromatic rings. The van der Waals surface area contributed by atoms with Gasteiger partial charge in [0.15, 0.2) is 0 Å². The van der Waals surface area contributed by atoms with E-state index in [-0.39, 0.29) is 24.5 Å². The van der Waals surface area contributed by atoms with Crippen LogP contribution in [-0.4, -0.2) is 83.9 Å². The molecule has 2 saturated carbocycles. The zero-order chi connectivity index (χ0) is 35.9. The lowest BCUT2D eigenvalue weighted by Crippen LogP contribution is -2.56. The number of nitrogens with one attached hydrogen (secondary N) is 2. The normalized spacial score (nSPS) is 18.9. The maximum absolute atomic E-state index is 13.1.